The van der Waals surface area contributed by atoms with E-state index in [-0.39, 0.29) is 0 Å². The molecule has 1 N–H and O–H groups in total. The molecule has 2 rings (SSSR count). The lowest BCUT2D eigenvalue weighted by molar-refractivity contribution is -0.119. The van der Waals surface area contributed by atoms with E-state index >= 15 is 0 Å². The van der Waals surface area contributed by atoms with Gasteiger partial charge in [0.1, 0.15) is 6.54 Å². The Morgan fingerprint density at radius 1 is 1.25 bits per heavy atom. The van der Waals surface area contributed by atoms with Crippen LogP contribution in [0.3, 0.4) is 0 Å². The summed E-state index contributed by atoms with van der Waals surface area (Å²) >= 11 is 0. The zero-order valence-electron chi connectivity index (χ0n) is 11.7. The van der Waals surface area contributed by atoms with Crippen LogP contribution >= 0.6 is 0 Å². The van der Waals surface area contributed by atoms with E-state index in [1.165, 1.54) is 17.7 Å². The summed E-state index contributed by atoms with van der Waals surface area (Å²) in [5.74, 6) is 0. The van der Waals surface area contributed by atoms with E-state index in [0.29, 0.717) is 31.2 Å². The predicted octanol–water partition coefficient (Wildman–Crippen LogP) is 3.72. The Bertz CT molecular complexity index is 427. The number of hydrogen-bond donors (Lipinski definition) is 1. The first-order valence-electron chi connectivity index (χ1n) is 7.12. The van der Waals surface area contributed by atoms with Crippen molar-refractivity contribution in [2.45, 2.75) is 44.9 Å². The summed E-state index contributed by atoms with van der Waals surface area (Å²) in [5.41, 5.74) is 1.64. The highest BCUT2D eigenvalue weighted by molar-refractivity contribution is 5.53. The Hall–Kier alpha value is -1.23. The molecule has 20 heavy (non-hydrogen) atoms. The second-order valence-electron chi connectivity index (χ2n) is 5.32. The zero-order chi connectivity index (χ0) is 14.6. The second-order valence-corrected chi connectivity index (χ2v) is 5.32. The van der Waals surface area contributed by atoms with Gasteiger partial charge in [-0.25, -0.2) is 0 Å². The molecule has 0 aliphatic heterocycles. The number of rotatable bonds is 7. The summed E-state index contributed by atoms with van der Waals surface area (Å²) in [6, 6.07) is 7.92. The molecule has 1 aromatic carbocycles. The van der Waals surface area contributed by atoms with Crippen LogP contribution < -0.4 is 10.2 Å². The Kier molecular flexibility index (Phi) is 4.91. The van der Waals surface area contributed by atoms with Gasteiger partial charge >= 0.3 is 6.18 Å². The van der Waals surface area contributed by atoms with Gasteiger partial charge in [0.2, 0.25) is 0 Å². The monoisotopic (exact) mass is 286 g/mol. The summed E-state index contributed by atoms with van der Waals surface area (Å²) in [6.07, 6.45) is -1.14. The summed E-state index contributed by atoms with van der Waals surface area (Å²) in [5, 5.41) is 3.37. The molecule has 0 bridgehead atoms. The van der Waals surface area contributed by atoms with Gasteiger partial charge in [-0.3, -0.25) is 0 Å². The number of hydrogen-bond acceptors (Lipinski definition) is 2. The predicted molar refractivity (Wildman–Crippen MR) is 74.9 cm³/mol. The molecule has 5 heteroatoms. The number of halogens is 3. The van der Waals surface area contributed by atoms with Crippen LogP contribution in [0.1, 0.15) is 31.7 Å². The van der Waals surface area contributed by atoms with E-state index in [4.69, 9.17) is 0 Å². The Morgan fingerprint density at radius 3 is 2.55 bits per heavy atom. The van der Waals surface area contributed by atoms with Gasteiger partial charge in [-0.15, -0.1) is 0 Å². The standard InChI is InChI=1S/C15H21F3N2/c1-2-9-20(11-15(16,17)18)14-6-4-3-5-12(14)10-19-13-7-8-13/h3-6,13,19H,2,7-11H2,1H3. The zero-order valence-corrected chi connectivity index (χ0v) is 11.7. The summed E-state index contributed by atoms with van der Waals surface area (Å²) < 4.78 is 38.1. The third kappa shape index (κ3) is 4.71. The normalized spacial score (nSPS) is 15.4. The van der Waals surface area contributed by atoms with E-state index < -0.39 is 12.7 Å². The van der Waals surface area contributed by atoms with Crippen LogP contribution in [-0.4, -0.2) is 25.3 Å². The van der Waals surface area contributed by atoms with Crippen LogP contribution in [0.5, 0.6) is 0 Å². The van der Waals surface area contributed by atoms with E-state index in [1.807, 2.05) is 19.1 Å². The van der Waals surface area contributed by atoms with Crippen LogP contribution in [0.4, 0.5) is 18.9 Å². The van der Waals surface area contributed by atoms with Crippen LogP contribution in [-0.2, 0) is 6.54 Å². The van der Waals surface area contributed by atoms with Gasteiger partial charge in [0, 0.05) is 24.8 Å². The van der Waals surface area contributed by atoms with Crippen molar-refractivity contribution in [2.24, 2.45) is 0 Å². The topological polar surface area (TPSA) is 15.3 Å². The van der Waals surface area contributed by atoms with Crippen LogP contribution in [0.2, 0.25) is 0 Å². The van der Waals surface area contributed by atoms with Crippen LogP contribution in [0.15, 0.2) is 24.3 Å². The first-order chi connectivity index (χ1) is 9.49. The maximum absolute atomic E-state index is 12.7. The maximum Gasteiger partial charge on any atom is 0.405 e. The molecule has 0 radical (unpaired) electrons. The first kappa shape index (κ1) is 15.2. The third-order valence-electron chi connectivity index (χ3n) is 3.35. The highest BCUT2D eigenvalue weighted by Gasteiger charge is 2.31. The maximum atomic E-state index is 12.7. The molecule has 0 unspecified atom stereocenters. The molecule has 0 spiro atoms. The van der Waals surface area contributed by atoms with E-state index in [0.717, 1.165) is 5.56 Å². The van der Waals surface area contributed by atoms with Gasteiger partial charge in [-0.05, 0) is 30.9 Å². The molecule has 0 saturated heterocycles. The Labute approximate surface area is 118 Å². The van der Waals surface area contributed by atoms with Gasteiger partial charge in [0.25, 0.3) is 0 Å². The minimum absolute atomic E-state index is 0.417. The first-order valence-corrected chi connectivity index (χ1v) is 7.12. The summed E-state index contributed by atoms with van der Waals surface area (Å²) in [4.78, 5) is 1.43. The van der Waals surface area contributed by atoms with Crippen molar-refractivity contribution >= 4 is 5.69 Å². The van der Waals surface area contributed by atoms with E-state index in [2.05, 4.69) is 5.32 Å². The highest BCUT2D eigenvalue weighted by Crippen LogP contribution is 2.27. The fourth-order valence-corrected chi connectivity index (χ4v) is 2.28. The van der Waals surface area contributed by atoms with Gasteiger partial charge in [0.05, 0.1) is 0 Å². The van der Waals surface area contributed by atoms with Crippen molar-refractivity contribution in [1.82, 2.24) is 5.32 Å². The molecule has 1 fully saturated rings. The van der Waals surface area contributed by atoms with Gasteiger partial charge < -0.3 is 10.2 Å². The lowest BCUT2D eigenvalue weighted by Gasteiger charge is -2.28. The molecular weight excluding hydrogens is 265 g/mol. The molecule has 1 aliphatic rings. The van der Waals surface area contributed by atoms with Crippen LogP contribution in [0.25, 0.3) is 0 Å². The third-order valence-corrected chi connectivity index (χ3v) is 3.35. The van der Waals surface area contributed by atoms with Crippen molar-refractivity contribution < 1.29 is 13.2 Å². The molecule has 1 aliphatic carbocycles. The molecule has 2 nitrogen and oxygen atoms in total. The molecule has 112 valence electrons. The minimum atomic E-state index is -4.17. The quantitative estimate of drug-likeness (QED) is 0.822. The molecular formula is C15H21F3N2. The average molecular weight is 286 g/mol. The number of anilines is 1. The number of benzene rings is 1. The number of para-hydroxylation sites is 1. The van der Waals surface area contributed by atoms with Crippen LogP contribution in [0, 0.1) is 0 Å². The summed E-state index contributed by atoms with van der Waals surface area (Å²) in [6.45, 7) is 2.06. The fourth-order valence-electron chi connectivity index (χ4n) is 2.28. The van der Waals surface area contributed by atoms with Gasteiger partial charge in [-0.1, -0.05) is 25.1 Å². The molecule has 1 aromatic rings. The second kappa shape index (κ2) is 6.48. The Morgan fingerprint density at radius 2 is 1.95 bits per heavy atom. The van der Waals surface area contributed by atoms with E-state index in [1.54, 1.807) is 12.1 Å². The molecule has 0 heterocycles. The molecule has 0 atom stereocenters. The minimum Gasteiger partial charge on any atom is -0.362 e. The van der Waals surface area contributed by atoms with E-state index in [9.17, 15) is 13.2 Å². The van der Waals surface area contributed by atoms with Gasteiger partial charge in [-0.2, -0.15) is 13.2 Å². The van der Waals surface area contributed by atoms with Crippen molar-refractivity contribution in [1.29, 1.82) is 0 Å². The van der Waals surface area contributed by atoms with Gasteiger partial charge in [0.15, 0.2) is 0 Å². The smallest absolute Gasteiger partial charge is 0.362 e. The highest BCUT2D eigenvalue weighted by atomic mass is 19.4. The fraction of sp³-hybridized carbons (Fsp3) is 0.600. The largest absolute Gasteiger partial charge is 0.405 e. The number of nitrogens with one attached hydrogen (secondary N) is 1. The van der Waals surface area contributed by atoms with Crippen molar-refractivity contribution in [3.63, 3.8) is 0 Å². The average Bonchev–Trinajstić information content (AvgIpc) is 3.19. The van der Waals surface area contributed by atoms with Crippen molar-refractivity contribution in [2.75, 3.05) is 18.0 Å². The SMILES string of the molecule is CCCN(CC(F)(F)F)c1ccccc1CNC1CC1. The Balaban J connectivity index is 2.12. The lowest BCUT2D eigenvalue weighted by atomic mass is 10.1. The number of nitrogens with zero attached hydrogens (tertiary/aromatic N) is 1. The molecule has 0 aromatic heterocycles. The lowest BCUT2D eigenvalue weighted by Crippen LogP contribution is -2.35. The van der Waals surface area contributed by atoms with Crippen molar-refractivity contribution in [3.05, 3.63) is 29.8 Å². The molecule has 1 saturated carbocycles. The summed E-state index contributed by atoms with van der Waals surface area (Å²) in [7, 11) is 0. The van der Waals surface area contributed by atoms with Crippen molar-refractivity contribution in [3.8, 4) is 0 Å². The molecule has 0 amide bonds. The number of alkyl halides is 3.